The molecule has 1 aliphatic rings. The summed E-state index contributed by atoms with van der Waals surface area (Å²) in [5.74, 6) is 1.56. The lowest BCUT2D eigenvalue weighted by atomic mass is 9.87. The van der Waals surface area contributed by atoms with E-state index in [9.17, 15) is 13.2 Å². The Bertz CT molecular complexity index is 1620. The number of H-pyrrole nitrogens is 1. The van der Waals surface area contributed by atoms with Crippen LogP contribution in [0.3, 0.4) is 0 Å². The number of piperidine rings is 1. The molecule has 4 aromatic rings. The van der Waals surface area contributed by atoms with Crippen molar-refractivity contribution in [3.8, 4) is 17.0 Å². The van der Waals surface area contributed by atoms with Crippen LogP contribution in [0.2, 0.25) is 0 Å². The number of pyridine rings is 2. The third kappa shape index (κ3) is 5.10. The highest BCUT2D eigenvalue weighted by Gasteiger charge is 2.20. The van der Waals surface area contributed by atoms with E-state index in [1.807, 2.05) is 12.1 Å². The summed E-state index contributed by atoms with van der Waals surface area (Å²) in [5.41, 5.74) is 4.25. The Hall–Kier alpha value is -3.69. The van der Waals surface area contributed by atoms with Crippen LogP contribution in [0, 0.1) is 6.92 Å². The fourth-order valence-corrected chi connectivity index (χ4v) is 5.63. The number of benzene rings is 2. The van der Waals surface area contributed by atoms with Crippen LogP contribution in [0.4, 0.5) is 11.5 Å². The number of rotatable bonds is 6. The van der Waals surface area contributed by atoms with E-state index < -0.39 is 9.84 Å². The first-order valence-electron chi connectivity index (χ1n) is 12.2. The maximum atomic E-state index is 12.8. The fraction of sp³-hybridized carbons (Fsp3) is 0.286. The molecule has 2 aromatic carbocycles. The first kappa shape index (κ1) is 25.0. The molecule has 192 valence electrons. The Morgan fingerprint density at radius 1 is 1.05 bits per heavy atom. The number of nitrogens with zero attached hydrogens (tertiary/aromatic N) is 1. The number of anilines is 2. The van der Waals surface area contributed by atoms with Crippen LogP contribution < -0.4 is 20.9 Å². The molecule has 1 saturated heterocycles. The first-order chi connectivity index (χ1) is 17.7. The second-order valence-electron chi connectivity index (χ2n) is 9.48. The molecule has 5 rings (SSSR count). The van der Waals surface area contributed by atoms with E-state index in [1.165, 1.54) is 11.8 Å². The highest BCUT2D eigenvalue weighted by Crippen LogP contribution is 2.37. The molecule has 2 aromatic heterocycles. The van der Waals surface area contributed by atoms with E-state index in [4.69, 9.17) is 9.72 Å². The monoisotopic (exact) mass is 518 g/mol. The molecule has 1 aliphatic heterocycles. The van der Waals surface area contributed by atoms with Crippen molar-refractivity contribution in [2.75, 3.05) is 31.8 Å². The Kier molecular flexibility index (Phi) is 6.74. The van der Waals surface area contributed by atoms with E-state index in [0.29, 0.717) is 34.0 Å². The van der Waals surface area contributed by atoms with Gasteiger partial charge in [-0.15, -0.1) is 0 Å². The number of aryl methyl sites for hydroxylation is 1. The first-order valence-corrected chi connectivity index (χ1v) is 14.1. The molecule has 3 heterocycles. The number of hydrogen-bond acceptors (Lipinski definition) is 7. The van der Waals surface area contributed by atoms with Gasteiger partial charge in [0.15, 0.2) is 9.84 Å². The van der Waals surface area contributed by atoms with Gasteiger partial charge in [0, 0.05) is 18.0 Å². The fourth-order valence-electron chi connectivity index (χ4n) is 5.00. The summed E-state index contributed by atoms with van der Waals surface area (Å²) in [6.07, 6.45) is 4.94. The zero-order valence-electron chi connectivity index (χ0n) is 21.1. The molecule has 0 radical (unpaired) electrons. The molecule has 0 unspecified atom stereocenters. The van der Waals surface area contributed by atoms with Gasteiger partial charge in [0.25, 0.3) is 5.56 Å². The number of aromatic nitrogens is 2. The summed E-state index contributed by atoms with van der Waals surface area (Å²) in [4.78, 5) is 20.6. The van der Waals surface area contributed by atoms with Crippen LogP contribution in [0.25, 0.3) is 22.0 Å². The maximum Gasteiger partial charge on any atom is 0.259 e. The van der Waals surface area contributed by atoms with Crippen molar-refractivity contribution in [3.63, 3.8) is 0 Å². The quantitative estimate of drug-likeness (QED) is 0.344. The largest absolute Gasteiger partial charge is 0.495 e. The molecule has 1 fully saturated rings. The summed E-state index contributed by atoms with van der Waals surface area (Å²) in [6, 6.07) is 14.4. The van der Waals surface area contributed by atoms with Gasteiger partial charge in [-0.3, -0.25) is 4.79 Å². The summed E-state index contributed by atoms with van der Waals surface area (Å²) in [6.45, 7) is 4.10. The zero-order chi connectivity index (χ0) is 26.2. The number of ether oxygens (including phenoxy) is 1. The van der Waals surface area contributed by atoms with Gasteiger partial charge in [0.05, 0.1) is 28.8 Å². The highest BCUT2D eigenvalue weighted by atomic mass is 32.2. The summed E-state index contributed by atoms with van der Waals surface area (Å²) in [7, 11) is -1.67. The number of hydrogen-bond donors (Lipinski definition) is 3. The molecule has 37 heavy (non-hydrogen) atoms. The van der Waals surface area contributed by atoms with Crippen LogP contribution >= 0.6 is 0 Å². The van der Waals surface area contributed by atoms with Gasteiger partial charge in [0.1, 0.15) is 11.6 Å². The van der Waals surface area contributed by atoms with E-state index in [2.05, 4.69) is 34.7 Å². The van der Waals surface area contributed by atoms with Crippen LogP contribution in [0.1, 0.15) is 29.9 Å². The van der Waals surface area contributed by atoms with Gasteiger partial charge in [-0.1, -0.05) is 12.1 Å². The number of fused-ring (bicyclic) bond motifs is 1. The van der Waals surface area contributed by atoms with Gasteiger partial charge < -0.3 is 20.4 Å². The molecule has 0 atom stereocenters. The second kappa shape index (κ2) is 9.99. The van der Waals surface area contributed by atoms with Gasteiger partial charge in [-0.05, 0) is 91.7 Å². The van der Waals surface area contributed by atoms with E-state index in [-0.39, 0.29) is 10.5 Å². The lowest BCUT2D eigenvalue weighted by Crippen LogP contribution is -2.27. The Morgan fingerprint density at radius 3 is 2.46 bits per heavy atom. The molecule has 0 aliphatic carbocycles. The van der Waals surface area contributed by atoms with Gasteiger partial charge >= 0.3 is 0 Å². The second-order valence-corrected chi connectivity index (χ2v) is 11.5. The number of methoxy groups -OCH3 is 1. The Balaban J connectivity index is 1.60. The normalized spacial score (nSPS) is 14.6. The molecule has 0 amide bonds. The number of sulfone groups is 1. The molecule has 9 heteroatoms. The van der Waals surface area contributed by atoms with Crippen LogP contribution in [0.15, 0.2) is 64.4 Å². The van der Waals surface area contributed by atoms with Crippen LogP contribution in [0.5, 0.6) is 5.75 Å². The SMILES string of the molecule is COc1cc(C2CCNCC2)c(C)cc1Nc1nc(-c2ccc(S(C)(=O)=O)cc2)cc2cc[nH]c(=O)c12. The minimum atomic E-state index is -3.31. The van der Waals surface area contributed by atoms with Crippen LogP contribution in [-0.4, -0.2) is 44.8 Å². The molecule has 8 nitrogen and oxygen atoms in total. The average Bonchev–Trinajstić information content (AvgIpc) is 2.89. The van der Waals surface area contributed by atoms with Gasteiger partial charge in [-0.25, -0.2) is 13.4 Å². The highest BCUT2D eigenvalue weighted by molar-refractivity contribution is 7.90. The van der Waals surface area contributed by atoms with Gasteiger partial charge in [-0.2, -0.15) is 0 Å². The molecule has 0 saturated carbocycles. The van der Waals surface area contributed by atoms with Crippen molar-refractivity contribution in [1.82, 2.24) is 15.3 Å². The molecule has 3 N–H and O–H groups in total. The predicted molar refractivity (Wildman–Crippen MR) is 147 cm³/mol. The average molecular weight is 519 g/mol. The van der Waals surface area contributed by atoms with E-state index in [1.54, 1.807) is 37.6 Å². The van der Waals surface area contributed by atoms with Crippen molar-refractivity contribution >= 4 is 32.1 Å². The summed E-state index contributed by atoms with van der Waals surface area (Å²) >= 11 is 0. The molecule has 0 spiro atoms. The van der Waals surface area contributed by atoms with Crippen molar-refractivity contribution in [2.24, 2.45) is 0 Å². The predicted octanol–water partition coefficient (Wildman–Crippen LogP) is 4.52. The van der Waals surface area contributed by atoms with Crippen molar-refractivity contribution in [2.45, 2.75) is 30.6 Å². The Labute approximate surface area is 216 Å². The third-order valence-electron chi connectivity index (χ3n) is 6.95. The van der Waals surface area contributed by atoms with E-state index in [0.717, 1.165) is 42.7 Å². The van der Waals surface area contributed by atoms with E-state index >= 15 is 0 Å². The van der Waals surface area contributed by atoms with Crippen molar-refractivity contribution < 1.29 is 13.2 Å². The zero-order valence-corrected chi connectivity index (χ0v) is 21.9. The lowest BCUT2D eigenvalue weighted by molar-refractivity contribution is 0.413. The maximum absolute atomic E-state index is 12.8. The molecular formula is C28H30N4O4S. The standard InChI is InChI=1S/C28H30N4O4S/c1-17-14-24(25(36-2)16-22(17)18-8-11-29-12-9-18)32-27-26-20(10-13-30-28(26)33)15-23(31-27)19-4-6-21(7-5-19)37(3,34)35/h4-7,10,13-16,18,29H,8-9,11-12H2,1-3H3,(H,30,33)(H,31,32). The topological polar surface area (TPSA) is 113 Å². The molecular weight excluding hydrogens is 488 g/mol. The van der Waals surface area contributed by atoms with Crippen molar-refractivity contribution in [3.05, 3.63) is 76.2 Å². The van der Waals surface area contributed by atoms with Crippen molar-refractivity contribution in [1.29, 1.82) is 0 Å². The third-order valence-corrected chi connectivity index (χ3v) is 8.08. The smallest absolute Gasteiger partial charge is 0.259 e. The minimum absolute atomic E-state index is 0.237. The lowest BCUT2D eigenvalue weighted by Gasteiger charge is -2.26. The minimum Gasteiger partial charge on any atom is -0.495 e. The Morgan fingerprint density at radius 2 is 1.78 bits per heavy atom. The molecule has 0 bridgehead atoms. The summed E-state index contributed by atoms with van der Waals surface area (Å²) in [5, 5.41) is 7.92. The number of nitrogens with one attached hydrogen (secondary N) is 3. The van der Waals surface area contributed by atoms with Crippen LogP contribution in [-0.2, 0) is 9.84 Å². The van der Waals surface area contributed by atoms with Gasteiger partial charge in [0.2, 0.25) is 0 Å². The number of aromatic amines is 1. The summed E-state index contributed by atoms with van der Waals surface area (Å²) < 4.78 is 29.5.